The second-order valence-electron chi connectivity index (χ2n) is 12.0. The van der Waals surface area contributed by atoms with Gasteiger partial charge in [0.15, 0.2) is 0 Å². The average Bonchev–Trinajstić information content (AvgIpc) is 2.85. The molecule has 0 saturated carbocycles. The van der Waals surface area contributed by atoms with Crippen LogP contribution in [0.1, 0.15) is 69.2 Å². The standard InChI is InChI=1S/2C11H17.2CH3.2ClH.GeH2.Zr/c2*1-8-6-9(2)10(7-8)11(3,4)5;;;;;;/h2*7-8H,1-5H3;2*1H3;2*1H;1H2;. The maximum absolute atomic E-state index is 3.14. The summed E-state index contributed by atoms with van der Waals surface area (Å²) >= 11 is -1.67. The van der Waals surface area contributed by atoms with Gasteiger partial charge in [0.2, 0.25) is 0 Å². The van der Waals surface area contributed by atoms with Gasteiger partial charge < -0.3 is 0 Å². The molecule has 0 spiro atoms. The van der Waals surface area contributed by atoms with Gasteiger partial charge in [-0.2, -0.15) is 0 Å². The van der Waals surface area contributed by atoms with Crippen molar-refractivity contribution in [1.29, 1.82) is 0 Å². The predicted octanol–water partition coefficient (Wildman–Crippen LogP) is 7.96. The van der Waals surface area contributed by atoms with Crippen LogP contribution in [-0.2, 0) is 15.7 Å². The monoisotopic (exact) mass is 566 g/mol. The molecule has 0 aliphatic heterocycles. The number of hydrogen-bond donors (Lipinski definition) is 0. The third-order valence-corrected chi connectivity index (χ3v) is 28.7. The van der Waals surface area contributed by atoms with Crippen molar-refractivity contribution < 1.29 is 15.7 Å². The number of hydrogen-bond acceptors (Lipinski definition) is 0. The molecule has 2 unspecified atom stereocenters. The van der Waals surface area contributed by atoms with Gasteiger partial charge in [-0.25, -0.2) is 0 Å². The van der Waals surface area contributed by atoms with E-state index in [1.807, 2.05) is 6.56 Å². The molecule has 28 heavy (non-hydrogen) atoms. The van der Waals surface area contributed by atoms with Crippen molar-refractivity contribution >= 4 is 37.0 Å². The number of allylic oxidation sites excluding steroid dienone is 8. The maximum Gasteiger partial charge on any atom is -0.147 e. The summed E-state index contributed by atoms with van der Waals surface area (Å²) in [4.78, 5) is 0. The molecule has 0 N–H and O–H groups in total. The fourth-order valence-corrected chi connectivity index (χ4v) is 35.8. The van der Waals surface area contributed by atoms with E-state index in [4.69, 9.17) is 0 Å². The van der Waals surface area contributed by atoms with Crippen molar-refractivity contribution in [2.45, 2.75) is 78.5 Å². The Morgan fingerprint density at radius 3 is 1.14 bits per heavy atom. The molecular formula is C24H44Cl2GeZr. The predicted molar refractivity (Wildman–Crippen MR) is 134 cm³/mol. The fourth-order valence-electron chi connectivity index (χ4n) is 6.32. The van der Waals surface area contributed by atoms with Gasteiger partial charge in [0, 0.05) is 0 Å². The minimum Gasteiger partial charge on any atom is -0.147 e. The third kappa shape index (κ3) is 4.89. The minimum absolute atomic E-state index is 0. The summed E-state index contributed by atoms with van der Waals surface area (Å²) in [5.41, 5.74) is 6.98. The van der Waals surface area contributed by atoms with Crippen molar-refractivity contribution in [3.05, 3.63) is 41.0 Å². The van der Waals surface area contributed by atoms with Crippen molar-refractivity contribution in [2.24, 2.45) is 22.7 Å². The first-order valence-corrected chi connectivity index (χ1v) is 28.2. The van der Waals surface area contributed by atoms with Gasteiger partial charge in [0.1, 0.15) is 0 Å². The Hall–Kier alpha value is 0.966. The number of rotatable bonds is 2. The Kier molecular flexibility index (Phi) is 8.77. The molecular weight excluding hydrogens is 523 g/mol. The van der Waals surface area contributed by atoms with Crippen LogP contribution in [0, 0.1) is 22.7 Å². The van der Waals surface area contributed by atoms with E-state index >= 15 is 0 Å². The summed E-state index contributed by atoms with van der Waals surface area (Å²) in [6, 6.07) is 0. The average molecular weight is 567 g/mol. The van der Waals surface area contributed by atoms with Crippen LogP contribution in [0.3, 0.4) is 0 Å². The molecule has 0 fully saturated rings. The second-order valence-corrected chi connectivity index (χ2v) is 54.2. The number of halogens is 2. The van der Waals surface area contributed by atoms with Gasteiger partial charge in [0.05, 0.1) is 0 Å². The zero-order chi connectivity index (χ0) is 20.5. The van der Waals surface area contributed by atoms with Gasteiger partial charge in [0.25, 0.3) is 0 Å². The van der Waals surface area contributed by atoms with Crippen molar-refractivity contribution in [1.82, 2.24) is 0 Å². The smallest absolute Gasteiger partial charge is 0.147 e. The van der Waals surface area contributed by atoms with E-state index in [-0.39, 0.29) is 35.6 Å². The zero-order valence-electron chi connectivity index (χ0n) is 20.3. The van der Waals surface area contributed by atoms with Crippen molar-refractivity contribution in [3.8, 4) is 0 Å². The Morgan fingerprint density at radius 1 is 0.714 bits per heavy atom. The van der Waals surface area contributed by atoms with Gasteiger partial charge in [-0.05, 0) is 0 Å². The molecule has 0 bridgehead atoms. The quantitative estimate of drug-likeness (QED) is 0.297. The van der Waals surface area contributed by atoms with Crippen LogP contribution in [0.5, 0.6) is 0 Å². The summed E-state index contributed by atoms with van der Waals surface area (Å²) in [7, 11) is 0. The summed E-state index contributed by atoms with van der Waals surface area (Å²) in [5, 5.41) is 0. The van der Waals surface area contributed by atoms with Crippen molar-refractivity contribution in [2.75, 3.05) is 0 Å². The molecule has 0 heterocycles. The Bertz CT molecular complexity index is 769. The molecule has 0 radical (unpaired) electrons. The van der Waals surface area contributed by atoms with Crippen LogP contribution in [0.2, 0.25) is 9.26 Å². The van der Waals surface area contributed by atoms with E-state index in [2.05, 4.69) is 90.7 Å². The molecule has 0 aromatic carbocycles. The summed E-state index contributed by atoms with van der Waals surface area (Å²) < 4.78 is 9.23. The second kappa shape index (κ2) is 8.48. The van der Waals surface area contributed by atoms with E-state index in [0.717, 1.165) is 0 Å². The van der Waals surface area contributed by atoms with E-state index in [9.17, 15) is 0 Å². The Balaban J connectivity index is 0.00000364. The molecule has 162 valence electrons. The summed E-state index contributed by atoms with van der Waals surface area (Å²) in [6.45, 7) is 24.0. The molecule has 0 nitrogen and oxygen atoms in total. The zero-order valence-corrected chi connectivity index (χ0v) is 27.4. The van der Waals surface area contributed by atoms with E-state index in [1.165, 1.54) is 12.1 Å². The molecule has 4 heteroatoms. The molecule has 2 rings (SSSR count). The van der Waals surface area contributed by atoms with Crippen LogP contribution < -0.4 is 0 Å². The molecule has 2 atom stereocenters. The van der Waals surface area contributed by atoms with Crippen LogP contribution in [0.4, 0.5) is 0 Å². The van der Waals surface area contributed by atoms with E-state index in [1.54, 1.807) is 22.3 Å². The van der Waals surface area contributed by atoms with E-state index < -0.39 is 15.7 Å². The van der Waals surface area contributed by atoms with Gasteiger partial charge in [-0.3, -0.25) is 0 Å². The van der Waals surface area contributed by atoms with Gasteiger partial charge in [-0.15, -0.1) is 24.8 Å². The largest absolute Gasteiger partial charge is 0.147 e. The topological polar surface area (TPSA) is 0 Å². The first kappa shape index (κ1) is 29.0. The Labute approximate surface area is 193 Å². The molecule has 2 aliphatic carbocycles. The first-order chi connectivity index (χ1) is 11.4. The summed E-state index contributed by atoms with van der Waals surface area (Å²) in [6.07, 6.45) is 5.18. The minimum atomic E-state index is -3.14. The van der Waals surface area contributed by atoms with Gasteiger partial charge >= 0.3 is 170 Å². The molecule has 0 aromatic heterocycles. The molecule has 0 aromatic rings. The summed E-state index contributed by atoms with van der Waals surface area (Å²) in [5.74, 6) is 1.23. The normalized spacial score (nSPS) is 24.0. The van der Waals surface area contributed by atoms with E-state index in [0.29, 0.717) is 11.8 Å². The Morgan fingerprint density at radius 2 is 0.964 bits per heavy atom. The van der Waals surface area contributed by atoms with Crippen LogP contribution in [-0.4, -0.2) is 12.1 Å². The van der Waals surface area contributed by atoms with Crippen LogP contribution >= 0.6 is 24.8 Å². The molecule has 2 aliphatic rings. The van der Waals surface area contributed by atoms with Gasteiger partial charge in [-0.1, -0.05) is 0 Å². The SMILES string of the molecule is CC1=[C]([Zr]([CH3])([CH3])(=[GeH2])[C]2=C(C)C(C(C)(C)C)=CC2C)C(C)C=C1C(C)(C)C.Cl.Cl. The van der Waals surface area contributed by atoms with Crippen LogP contribution in [0.25, 0.3) is 0 Å². The first-order valence-electron chi connectivity index (χ1n) is 10.3. The third-order valence-electron chi connectivity index (χ3n) is 6.70. The fraction of sp³-hybridized carbons (Fsp3) is 0.667. The molecule has 0 saturated heterocycles. The maximum atomic E-state index is 2.74. The van der Waals surface area contributed by atoms with Crippen LogP contribution in [0.15, 0.2) is 41.0 Å². The molecule has 0 amide bonds. The van der Waals surface area contributed by atoms with Crippen molar-refractivity contribution in [3.63, 3.8) is 0 Å².